The highest BCUT2D eigenvalue weighted by atomic mass is 127. The standard InChI is InChI=1S/C16H26N4.HI/c1-3-20(4-2)15(14-9-6-5-7-10-14)13-19-16-17-11-8-12-18-16;/h5-7,9-10,15H,3-4,8,11-13H2,1-2H3,(H2,17,18,19);1H. The molecule has 1 atom stereocenters. The molecule has 4 nitrogen and oxygen atoms in total. The number of likely N-dealkylation sites (N-methyl/N-ethyl adjacent to an activating group) is 1. The van der Waals surface area contributed by atoms with E-state index in [0.717, 1.165) is 45.1 Å². The van der Waals surface area contributed by atoms with Gasteiger partial charge in [-0.25, -0.2) is 0 Å². The molecule has 118 valence electrons. The lowest BCUT2D eigenvalue weighted by Gasteiger charge is -2.31. The Morgan fingerprint density at radius 2 is 1.95 bits per heavy atom. The molecule has 21 heavy (non-hydrogen) atoms. The van der Waals surface area contributed by atoms with Crippen LogP contribution in [0.4, 0.5) is 0 Å². The zero-order valence-electron chi connectivity index (χ0n) is 13.0. The first-order valence-electron chi connectivity index (χ1n) is 7.66. The minimum atomic E-state index is 0. The Kier molecular flexibility index (Phi) is 8.68. The second-order valence-corrected chi connectivity index (χ2v) is 5.04. The van der Waals surface area contributed by atoms with Gasteiger partial charge in [0.1, 0.15) is 0 Å². The van der Waals surface area contributed by atoms with E-state index >= 15 is 0 Å². The molecule has 1 aromatic carbocycles. The molecule has 0 saturated carbocycles. The van der Waals surface area contributed by atoms with Gasteiger partial charge in [0, 0.05) is 19.6 Å². The zero-order valence-corrected chi connectivity index (χ0v) is 15.3. The van der Waals surface area contributed by atoms with E-state index in [0.29, 0.717) is 6.04 Å². The van der Waals surface area contributed by atoms with Crippen LogP contribution >= 0.6 is 24.0 Å². The number of halogens is 1. The second-order valence-electron chi connectivity index (χ2n) is 5.04. The van der Waals surface area contributed by atoms with E-state index < -0.39 is 0 Å². The number of aliphatic imine (C=N–C) groups is 1. The molecule has 0 aromatic heterocycles. The van der Waals surface area contributed by atoms with Gasteiger partial charge < -0.3 is 10.6 Å². The highest BCUT2D eigenvalue weighted by Crippen LogP contribution is 2.19. The molecule has 5 heteroatoms. The van der Waals surface area contributed by atoms with Crippen molar-refractivity contribution in [2.24, 2.45) is 4.99 Å². The second kappa shape index (κ2) is 10.00. The first kappa shape index (κ1) is 18.2. The van der Waals surface area contributed by atoms with Crippen LogP contribution in [-0.2, 0) is 0 Å². The van der Waals surface area contributed by atoms with Gasteiger partial charge in [-0.15, -0.1) is 24.0 Å². The number of nitrogens with zero attached hydrogens (tertiary/aromatic N) is 2. The first-order valence-corrected chi connectivity index (χ1v) is 7.66. The Morgan fingerprint density at radius 1 is 1.24 bits per heavy atom. The predicted octanol–water partition coefficient (Wildman–Crippen LogP) is 2.63. The Morgan fingerprint density at radius 3 is 2.52 bits per heavy atom. The van der Waals surface area contributed by atoms with Gasteiger partial charge >= 0.3 is 0 Å². The summed E-state index contributed by atoms with van der Waals surface area (Å²) < 4.78 is 0. The van der Waals surface area contributed by atoms with Crippen molar-refractivity contribution < 1.29 is 0 Å². The SMILES string of the molecule is CCN(CC)C(CNC1=NCCCN1)c1ccccc1.I. The molecule has 1 unspecified atom stereocenters. The number of nitrogens with one attached hydrogen (secondary N) is 2. The third-order valence-corrected chi connectivity index (χ3v) is 3.80. The van der Waals surface area contributed by atoms with Crippen LogP contribution in [-0.4, -0.2) is 43.6 Å². The van der Waals surface area contributed by atoms with Crippen LogP contribution in [0.5, 0.6) is 0 Å². The summed E-state index contributed by atoms with van der Waals surface area (Å²) in [5, 5.41) is 6.79. The number of benzene rings is 1. The van der Waals surface area contributed by atoms with Crippen molar-refractivity contribution in [3.8, 4) is 0 Å². The maximum Gasteiger partial charge on any atom is 0.191 e. The lowest BCUT2D eigenvalue weighted by atomic mass is 10.1. The largest absolute Gasteiger partial charge is 0.356 e. The highest BCUT2D eigenvalue weighted by molar-refractivity contribution is 14.0. The van der Waals surface area contributed by atoms with Crippen molar-refractivity contribution in [3.05, 3.63) is 35.9 Å². The fourth-order valence-electron chi connectivity index (χ4n) is 2.64. The molecule has 1 heterocycles. The Labute approximate surface area is 145 Å². The van der Waals surface area contributed by atoms with Gasteiger partial charge in [-0.1, -0.05) is 44.2 Å². The Balaban J connectivity index is 0.00000220. The molecule has 0 saturated heterocycles. The maximum atomic E-state index is 4.48. The van der Waals surface area contributed by atoms with E-state index in [2.05, 4.69) is 64.7 Å². The molecule has 0 fully saturated rings. The maximum absolute atomic E-state index is 4.48. The number of hydrogen-bond acceptors (Lipinski definition) is 4. The smallest absolute Gasteiger partial charge is 0.191 e. The Hall–Kier alpha value is -0.820. The fraction of sp³-hybridized carbons (Fsp3) is 0.562. The van der Waals surface area contributed by atoms with Crippen molar-refractivity contribution in [1.82, 2.24) is 15.5 Å². The molecule has 0 radical (unpaired) electrons. The minimum Gasteiger partial charge on any atom is -0.356 e. The van der Waals surface area contributed by atoms with Gasteiger partial charge in [0.05, 0.1) is 6.04 Å². The van der Waals surface area contributed by atoms with Crippen molar-refractivity contribution >= 4 is 29.9 Å². The van der Waals surface area contributed by atoms with Crippen LogP contribution in [0.15, 0.2) is 35.3 Å². The number of hydrogen-bond donors (Lipinski definition) is 2. The molecule has 2 rings (SSSR count). The van der Waals surface area contributed by atoms with E-state index in [1.54, 1.807) is 0 Å². The van der Waals surface area contributed by atoms with E-state index in [-0.39, 0.29) is 24.0 Å². The van der Waals surface area contributed by atoms with Crippen molar-refractivity contribution in [1.29, 1.82) is 0 Å². The first-order chi connectivity index (χ1) is 9.85. The van der Waals surface area contributed by atoms with E-state index in [1.165, 1.54) is 5.56 Å². The van der Waals surface area contributed by atoms with E-state index in [9.17, 15) is 0 Å². The van der Waals surface area contributed by atoms with Gasteiger partial charge in [0.25, 0.3) is 0 Å². The molecule has 2 N–H and O–H groups in total. The predicted molar refractivity (Wildman–Crippen MR) is 100 cm³/mol. The van der Waals surface area contributed by atoms with Gasteiger partial charge in [-0.2, -0.15) is 0 Å². The van der Waals surface area contributed by atoms with Crippen LogP contribution in [0, 0.1) is 0 Å². The fourth-order valence-corrected chi connectivity index (χ4v) is 2.64. The summed E-state index contributed by atoms with van der Waals surface area (Å²) in [4.78, 5) is 6.96. The molecule has 0 aliphatic carbocycles. The van der Waals surface area contributed by atoms with Crippen LogP contribution in [0.2, 0.25) is 0 Å². The van der Waals surface area contributed by atoms with Crippen molar-refractivity contribution in [2.45, 2.75) is 26.3 Å². The van der Waals surface area contributed by atoms with E-state index in [4.69, 9.17) is 0 Å². The van der Waals surface area contributed by atoms with Crippen LogP contribution in [0.1, 0.15) is 31.9 Å². The average molecular weight is 402 g/mol. The summed E-state index contributed by atoms with van der Waals surface area (Å²) in [6, 6.07) is 11.1. The van der Waals surface area contributed by atoms with Crippen LogP contribution in [0.3, 0.4) is 0 Å². The van der Waals surface area contributed by atoms with Crippen LogP contribution in [0.25, 0.3) is 0 Å². The Bertz CT molecular complexity index is 418. The topological polar surface area (TPSA) is 39.7 Å². The number of rotatable bonds is 6. The third-order valence-electron chi connectivity index (χ3n) is 3.80. The molecule has 1 aliphatic heterocycles. The van der Waals surface area contributed by atoms with E-state index in [1.807, 2.05) is 0 Å². The summed E-state index contributed by atoms with van der Waals surface area (Å²) in [6.45, 7) is 9.38. The molecular weight excluding hydrogens is 375 g/mol. The van der Waals surface area contributed by atoms with Gasteiger partial charge in [-0.3, -0.25) is 9.89 Å². The van der Waals surface area contributed by atoms with Gasteiger partial charge in [0.15, 0.2) is 5.96 Å². The summed E-state index contributed by atoms with van der Waals surface area (Å²) in [5.41, 5.74) is 1.36. The molecule has 1 aromatic rings. The lowest BCUT2D eigenvalue weighted by molar-refractivity contribution is 0.219. The van der Waals surface area contributed by atoms with Gasteiger partial charge in [0.2, 0.25) is 0 Å². The highest BCUT2D eigenvalue weighted by Gasteiger charge is 2.18. The van der Waals surface area contributed by atoms with Crippen LogP contribution < -0.4 is 10.6 Å². The molecule has 0 amide bonds. The molecule has 0 bridgehead atoms. The average Bonchev–Trinajstić information content (AvgIpc) is 2.53. The zero-order chi connectivity index (χ0) is 14.2. The third kappa shape index (κ3) is 5.47. The van der Waals surface area contributed by atoms with Crippen molar-refractivity contribution in [3.63, 3.8) is 0 Å². The summed E-state index contributed by atoms with van der Waals surface area (Å²) in [7, 11) is 0. The van der Waals surface area contributed by atoms with Crippen molar-refractivity contribution in [2.75, 3.05) is 32.7 Å². The summed E-state index contributed by atoms with van der Waals surface area (Å²) in [5.74, 6) is 0.948. The van der Waals surface area contributed by atoms with Gasteiger partial charge in [-0.05, 0) is 25.1 Å². The molecular formula is C16H27IN4. The normalized spacial score (nSPS) is 15.7. The molecule has 1 aliphatic rings. The monoisotopic (exact) mass is 402 g/mol. The summed E-state index contributed by atoms with van der Waals surface area (Å²) >= 11 is 0. The molecule has 0 spiro atoms. The minimum absolute atomic E-state index is 0. The number of guanidine groups is 1. The quantitative estimate of drug-likeness (QED) is 0.719. The lowest BCUT2D eigenvalue weighted by Crippen LogP contribution is -2.45. The summed E-state index contributed by atoms with van der Waals surface area (Å²) in [6.07, 6.45) is 1.13.